The first-order valence-corrected chi connectivity index (χ1v) is 6.82. The van der Waals surface area contributed by atoms with Crippen molar-refractivity contribution in [1.82, 2.24) is 5.32 Å². The van der Waals surface area contributed by atoms with Gasteiger partial charge in [-0.25, -0.2) is 0 Å². The van der Waals surface area contributed by atoms with E-state index in [1.54, 1.807) is 0 Å². The molecule has 3 fully saturated rings. The fourth-order valence-corrected chi connectivity index (χ4v) is 3.53. The molecule has 0 aromatic heterocycles. The number of aliphatic carboxylic acids is 1. The summed E-state index contributed by atoms with van der Waals surface area (Å²) in [5, 5.41) is 12.0. The monoisotopic (exact) mass is 253 g/mol. The molecule has 0 aromatic rings. The van der Waals surface area contributed by atoms with Gasteiger partial charge in [0.05, 0.1) is 24.2 Å². The summed E-state index contributed by atoms with van der Waals surface area (Å²) >= 11 is 0. The van der Waals surface area contributed by atoms with Gasteiger partial charge in [-0.1, -0.05) is 0 Å². The number of carbonyl (C=O) groups is 2. The lowest BCUT2D eigenvalue weighted by atomic mass is 9.94. The number of rotatable bonds is 3. The first-order valence-electron chi connectivity index (χ1n) is 6.82. The average molecular weight is 253 g/mol. The van der Waals surface area contributed by atoms with E-state index >= 15 is 0 Å². The van der Waals surface area contributed by atoms with Crippen LogP contribution in [0.1, 0.15) is 38.5 Å². The molecule has 5 atom stereocenters. The fourth-order valence-electron chi connectivity index (χ4n) is 3.53. The number of carbonyl (C=O) groups excluding carboxylic acids is 1. The van der Waals surface area contributed by atoms with Crippen molar-refractivity contribution < 1.29 is 19.4 Å². The van der Waals surface area contributed by atoms with E-state index in [0.29, 0.717) is 25.4 Å². The van der Waals surface area contributed by atoms with Crippen LogP contribution < -0.4 is 5.32 Å². The Morgan fingerprint density at radius 1 is 1.06 bits per heavy atom. The molecule has 0 aromatic carbocycles. The van der Waals surface area contributed by atoms with Crippen LogP contribution in [0.2, 0.25) is 0 Å². The van der Waals surface area contributed by atoms with Crippen molar-refractivity contribution in [2.45, 2.75) is 56.8 Å². The number of fused-ring (bicyclic) bond motifs is 2. The Morgan fingerprint density at radius 3 is 2.39 bits per heavy atom. The number of amides is 1. The molecule has 0 radical (unpaired) electrons. The highest BCUT2D eigenvalue weighted by atomic mass is 16.5. The third-order valence-electron chi connectivity index (χ3n) is 4.59. The lowest BCUT2D eigenvalue weighted by Gasteiger charge is -2.22. The van der Waals surface area contributed by atoms with E-state index in [9.17, 15) is 9.59 Å². The van der Waals surface area contributed by atoms with Crippen LogP contribution in [-0.4, -0.2) is 35.2 Å². The van der Waals surface area contributed by atoms with E-state index in [2.05, 4.69) is 5.32 Å². The van der Waals surface area contributed by atoms with Gasteiger partial charge >= 0.3 is 5.97 Å². The lowest BCUT2D eigenvalue weighted by Crippen LogP contribution is -2.43. The Bertz CT molecular complexity index is 370. The molecule has 2 bridgehead atoms. The number of hydrogen-bond acceptors (Lipinski definition) is 3. The highest BCUT2D eigenvalue weighted by molar-refractivity contribution is 5.81. The van der Waals surface area contributed by atoms with Crippen LogP contribution >= 0.6 is 0 Å². The molecule has 2 aliphatic heterocycles. The van der Waals surface area contributed by atoms with E-state index in [1.165, 1.54) is 0 Å². The second-order valence-electron chi connectivity index (χ2n) is 5.77. The Labute approximate surface area is 106 Å². The molecular formula is C13H19NO4. The van der Waals surface area contributed by atoms with Crippen LogP contribution in [0.3, 0.4) is 0 Å². The van der Waals surface area contributed by atoms with Crippen LogP contribution in [-0.2, 0) is 14.3 Å². The maximum atomic E-state index is 12.1. The highest BCUT2D eigenvalue weighted by Crippen LogP contribution is 2.36. The zero-order chi connectivity index (χ0) is 12.7. The zero-order valence-electron chi connectivity index (χ0n) is 10.3. The molecule has 3 aliphatic rings. The summed E-state index contributed by atoms with van der Waals surface area (Å²) in [7, 11) is 0. The summed E-state index contributed by atoms with van der Waals surface area (Å²) < 4.78 is 5.70. The van der Waals surface area contributed by atoms with Crippen molar-refractivity contribution in [3.63, 3.8) is 0 Å². The van der Waals surface area contributed by atoms with Crippen LogP contribution in [0.25, 0.3) is 0 Å². The summed E-state index contributed by atoms with van der Waals surface area (Å²) in [6, 6.07) is 0.153. The molecule has 2 N–H and O–H groups in total. The number of carboxylic acid groups (broad SMARTS) is 1. The Morgan fingerprint density at radius 2 is 1.83 bits per heavy atom. The summed E-state index contributed by atoms with van der Waals surface area (Å²) in [6.45, 7) is 0. The van der Waals surface area contributed by atoms with Gasteiger partial charge in [0.25, 0.3) is 0 Å². The Kier molecular flexibility index (Phi) is 3.01. The molecule has 100 valence electrons. The van der Waals surface area contributed by atoms with Gasteiger partial charge in [0.15, 0.2) is 0 Å². The first kappa shape index (κ1) is 12.0. The van der Waals surface area contributed by atoms with Crippen molar-refractivity contribution in [2.24, 2.45) is 11.8 Å². The molecular weight excluding hydrogens is 234 g/mol. The Hall–Kier alpha value is -1.10. The van der Waals surface area contributed by atoms with E-state index < -0.39 is 5.97 Å². The minimum atomic E-state index is -0.770. The maximum absolute atomic E-state index is 12.1. The molecule has 3 unspecified atom stereocenters. The maximum Gasteiger partial charge on any atom is 0.306 e. The predicted molar refractivity (Wildman–Crippen MR) is 62.9 cm³/mol. The van der Waals surface area contributed by atoms with Gasteiger partial charge in [-0.15, -0.1) is 0 Å². The van der Waals surface area contributed by atoms with E-state index in [-0.39, 0.29) is 29.9 Å². The molecule has 5 nitrogen and oxygen atoms in total. The molecule has 5 heteroatoms. The minimum Gasteiger partial charge on any atom is -0.481 e. The summed E-state index contributed by atoms with van der Waals surface area (Å²) in [4.78, 5) is 23.0. The van der Waals surface area contributed by atoms with Crippen LogP contribution in [0.4, 0.5) is 0 Å². The molecule has 2 saturated heterocycles. The van der Waals surface area contributed by atoms with Crippen LogP contribution in [0.5, 0.6) is 0 Å². The molecule has 3 rings (SSSR count). The van der Waals surface area contributed by atoms with Crippen LogP contribution in [0.15, 0.2) is 0 Å². The van der Waals surface area contributed by atoms with Crippen molar-refractivity contribution in [3.05, 3.63) is 0 Å². The fraction of sp³-hybridized carbons (Fsp3) is 0.846. The molecule has 1 aliphatic carbocycles. The highest BCUT2D eigenvalue weighted by Gasteiger charge is 2.43. The number of ether oxygens (including phenoxy) is 1. The van der Waals surface area contributed by atoms with Crippen molar-refractivity contribution >= 4 is 11.9 Å². The summed E-state index contributed by atoms with van der Waals surface area (Å²) in [5.74, 6) is -1.20. The number of hydrogen-bond donors (Lipinski definition) is 2. The second-order valence-corrected chi connectivity index (χ2v) is 5.77. The third kappa shape index (κ3) is 2.11. The molecule has 18 heavy (non-hydrogen) atoms. The van der Waals surface area contributed by atoms with Crippen molar-refractivity contribution in [3.8, 4) is 0 Å². The summed E-state index contributed by atoms with van der Waals surface area (Å²) in [5.41, 5.74) is 0. The Balaban J connectivity index is 1.52. The molecule has 2 heterocycles. The largest absolute Gasteiger partial charge is 0.481 e. The SMILES string of the molecule is O=C(O)[C@H]1CC[C@@H](C(=O)NC2CC3CCC2O3)C1. The normalized spacial score (nSPS) is 42.1. The first-order chi connectivity index (χ1) is 8.63. The van der Waals surface area contributed by atoms with E-state index in [1.807, 2.05) is 0 Å². The van der Waals surface area contributed by atoms with Gasteiger partial charge in [-0.2, -0.15) is 0 Å². The minimum absolute atomic E-state index is 0.0277. The lowest BCUT2D eigenvalue weighted by molar-refractivity contribution is -0.141. The van der Waals surface area contributed by atoms with E-state index in [4.69, 9.17) is 9.84 Å². The van der Waals surface area contributed by atoms with Gasteiger partial charge in [0.1, 0.15) is 0 Å². The predicted octanol–water partition coefficient (Wildman–Crippen LogP) is 0.923. The smallest absolute Gasteiger partial charge is 0.306 e. The average Bonchev–Trinajstić information content (AvgIpc) is 3.04. The quantitative estimate of drug-likeness (QED) is 0.784. The molecule has 0 spiro atoms. The third-order valence-corrected chi connectivity index (χ3v) is 4.59. The van der Waals surface area contributed by atoms with Crippen molar-refractivity contribution in [2.75, 3.05) is 0 Å². The van der Waals surface area contributed by atoms with Crippen molar-refractivity contribution in [1.29, 1.82) is 0 Å². The van der Waals surface area contributed by atoms with Crippen LogP contribution in [0, 0.1) is 11.8 Å². The molecule has 1 saturated carbocycles. The number of nitrogens with one attached hydrogen (secondary N) is 1. The summed E-state index contributed by atoms with van der Waals surface area (Å²) in [6.07, 6.45) is 5.41. The standard InChI is InChI=1S/C13H19NO4/c15-12(7-1-2-8(5-7)13(16)17)14-10-6-9-3-4-11(10)18-9/h7-11H,1-6H2,(H,14,15)(H,16,17)/t7-,8+,9?,10?,11?/m1/s1. The van der Waals surface area contributed by atoms with Gasteiger partial charge in [0.2, 0.25) is 5.91 Å². The van der Waals surface area contributed by atoms with E-state index in [0.717, 1.165) is 19.3 Å². The van der Waals surface area contributed by atoms with Gasteiger partial charge in [0, 0.05) is 5.92 Å². The van der Waals surface area contributed by atoms with Gasteiger partial charge in [-0.05, 0) is 38.5 Å². The second kappa shape index (κ2) is 4.53. The zero-order valence-corrected chi connectivity index (χ0v) is 10.3. The van der Waals surface area contributed by atoms with Gasteiger partial charge < -0.3 is 15.2 Å². The topological polar surface area (TPSA) is 75.6 Å². The number of carboxylic acids is 1. The molecule has 1 amide bonds. The van der Waals surface area contributed by atoms with Gasteiger partial charge in [-0.3, -0.25) is 9.59 Å².